The van der Waals surface area contributed by atoms with Gasteiger partial charge >= 0.3 is 5.97 Å². The van der Waals surface area contributed by atoms with Crippen LogP contribution in [-0.4, -0.2) is 35.5 Å². The summed E-state index contributed by atoms with van der Waals surface area (Å²) in [5.74, 6) is -1.86. The molecule has 1 atom stereocenters. The number of carboxylic acid groups (broad SMARTS) is 1. The van der Waals surface area contributed by atoms with Gasteiger partial charge in [0.1, 0.15) is 0 Å². The molecule has 5 nitrogen and oxygen atoms in total. The van der Waals surface area contributed by atoms with Crippen molar-refractivity contribution in [3.63, 3.8) is 0 Å². The molecule has 0 radical (unpaired) electrons. The second-order valence-electron chi connectivity index (χ2n) is 3.53. The molecule has 6 heteroatoms. The van der Waals surface area contributed by atoms with Crippen LogP contribution in [-0.2, 0) is 4.79 Å². The SMILES string of the molecule is CC(CN(C)C(=O)c1ccc(Cl)o1)C(=O)O. The van der Waals surface area contributed by atoms with Crippen LogP contribution in [0.4, 0.5) is 0 Å². The first-order valence-electron chi connectivity index (χ1n) is 4.65. The maximum Gasteiger partial charge on any atom is 0.308 e. The molecule has 0 bridgehead atoms. The molecule has 0 aliphatic heterocycles. The van der Waals surface area contributed by atoms with E-state index in [0.717, 1.165) is 0 Å². The molecular formula is C10H12ClNO4. The molecule has 0 aliphatic carbocycles. The molecule has 1 aromatic rings. The molecule has 1 rings (SSSR count). The maximum atomic E-state index is 11.7. The quantitative estimate of drug-likeness (QED) is 0.877. The summed E-state index contributed by atoms with van der Waals surface area (Å²) in [7, 11) is 1.51. The summed E-state index contributed by atoms with van der Waals surface area (Å²) in [6, 6.07) is 2.91. The number of carboxylic acids is 1. The third kappa shape index (κ3) is 3.00. The van der Waals surface area contributed by atoms with E-state index < -0.39 is 11.9 Å². The van der Waals surface area contributed by atoms with Crippen molar-refractivity contribution in [3.8, 4) is 0 Å². The number of halogens is 1. The molecule has 1 heterocycles. The highest BCUT2D eigenvalue weighted by molar-refractivity contribution is 6.29. The molecular weight excluding hydrogens is 234 g/mol. The Balaban J connectivity index is 2.64. The molecule has 1 aromatic heterocycles. The van der Waals surface area contributed by atoms with Crippen LogP contribution in [0.1, 0.15) is 17.5 Å². The maximum absolute atomic E-state index is 11.7. The number of furan rings is 1. The molecule has 0 saturated heterocycles. The van der Waals surface area contributed by atoms with Crippen molar-refractivity contribution in [3.05, 3.63) is 23.1 Å². The molecule has 1 amide bonds. The number of carbonyl (C=O) groups is 2. The number of carbonyl (C=O) groups excluding carboxylic acids is 1. The zero-order valence-corrected chi connectivity index (χ0v) is 9.69. The van der Waals surface area contributed by atoms with Crippen molar-refractivity contribution in [2.24, 2.45) is 5.92 Å². The number of rotatable bonds is 4. The van der Waals surface area contributed by atoms with Gasteiger partial charge in [0.2, 0.25) is 0 Å². The molecule has 1 N–H and O–H groups in total. The smallest absolute Gasteiger partial charge is 0.308 e. The number of hydrogen-bond donors (Lipinski definition) is 1. The fourth-order valence-electron chi connectivity index (χ4n) is 1.19. The number of nitrogens with zero attached hydrogens (tertiary/aromatic N) is 1. The van der Waals surface area contributed by atoms with E-state index in [1.165, 1.54) is 31.0 Å². The predicted octanol–water partition coefficient (Wildman–Crippen LogP) is 1.73. The van der Waals surface area contributed by atoms with Crippen molar-refractivity contribution in [1.82, 2.24) is 4.90 Å². The van der Waals surface area contributed by atoms with E-state index in [1.54, 1.807) is 0 Å². The first kappa shape index (κ1) is 12.6. The van der Waals surface area contributed by atoms with Crippen LogP contribution in [0.2, 0.25) is 5.22 Å². The van der Waals surface area contributed by atoms with E-state index in [1.807, 2.05) is 0 Å². The minimum atomic E-state index is -0.947. The van der Waals surface area contributed by atoms with Crippen molar-refractivity contribution >= 4 is 23.5 Å². The highest BCUT2D eigenvalue weighted by Crippen LogP contribution is 2.15. The van der Waals surface area contributed by atoms with Gasteiger partial charge in [-0.15, -0.1) is 0 Å². The van der Waals surface area contributed by atoms with Gasteiger partial charge in [0, 0.05) is 13.6 Å². The minimum absolute atomic E-state index is 0.102. The van der Waals surface area contributed by atoms with E-state index in [9.17, 15) is 9.59 Å². The topological polar surface area (TPSA) is 70.8 Å². The number of hydrogen-bond acceptors (Lipinski definition) is 3. The second-order valence-corrected chi connectivity index (χ2v) is 3.90. The molecule has 0 aliphatic rings. The second kappa shape index (κ2) is 5.03. The number of amides is 1. The van der Waals surface area contributed by atoms with Crippen LogP contribution in [0.3, 0.4) is 0 Å². The van der Waals surface area contributed by atoms with E-state index in [2.05, 4.69) is 0 Å². The van der Waals surface area contributed by atoms with E-state index in [0.29, 0.717) is 0 Å². The Labute approximate surface area is 97.6 Å². The molecule has 16 heavy (non-hydrogen) atoms. The van der Waals surface area contributed by atoms with Crippen molar-refractivity contribution in [2.45, 2.75) is 6.92 Å². The Morgan fingerprint density at radius 1 is 1.56 bits per heavy atom. The Bertz CT molecular complexity index is 401. The summed E-state index contributed by atoms with van der Waals surface area (Å²) in [6.07, 6.45) is 0. The fourth-order valence-corrected chi connectivity index (χ4v) is 1.34. The van der Waals surface area contributed by atoms with Crippen molar-refractivity contribution < 1.29 is 19.1 Å². The summed E-state index contributed by atoms with van der Waals surface area (Å²) in [6.45, 7) is 1.65. The Kier molecular flexibility index (Phi) is 3.95. The van der Waals surface area contributed by atoms with Gasteiger partial charge in [-0.2, -0.15) is 0 Å². The van der Waals surface area contributed by atoms with Crippen LogP contribution >= 0.6 is 11.6 Å². The van der Waals surface area contributed by atoms with Crippen LogP contribution in [0, 0.1) is 5.92 Å². The van der Waals surface area contributed by atoms with Crippen LogP contribution in [0.25, 0.3) is 0 Å². The molecule has 88 valence electrons. The Hall–Kier alpha value is -1.49. The molecule has 1 unspecified atom stereocenters. The first-order valence-corrected chi connectivity index (χ1v) is 5.03. The Morgan fingerprint density at radius 3 is 2.62 bits per heavy atom. The van der Waals surface area contributed by atoms with Gasteiger partial charge in [-0.05, 0) is 23.7 Å². The third-order valence-electron chi connectivity index (χ3n) is 2.10. The Morgan fingerprint density at radius 2 is 2.19 bits per heavy atom. The third-order valence-corrected chi connectivity index (χ3v) is 2.30. The van der Waals surface area contributed by atoms with Crippen LogP contribution in [0.5, 0.6) is 0 Å². The van der Waals surface area contributed by atoms with Gasteiger partial charge in [0.15, 0.2) is 11.0 Å². The van der Waals surface area contributed by atoms with Crippen LogP contribution < -0.4 is 0 Å². The average molecular weight is 246 g/mol. The summed E-state index contributed by atoms with van der Waals surface area (Å²) >= 11 is 5.53. The van der Waals surface area contributed by atoms with Gasteiger partial charge in [-0.1, -0.05) is 6.92 Å². The predicted molar refractivity (Wildman–Crippen MR) is 57.5 cm³/mol. The minimum Gasteiger partial charge on any atom is -0.481 e. The molecule has 0 saturated carbocycles. The lowest BCUT2D eigenvalue weighted by Crippen LogP contribution is -2.33. The monoisotopic (exact) mass is 245 g/mol. The summed E-state index contributed by atoms with van der Waals surface area (Å²) in [4.78, 5) is 23.6. The molecule has 0 spiro atoms. The number of aliphatic carboxylic acids is 1. The van der Waals surface area contributed by atoms with E-state index >= 15 is 0 Å². The first-order chi connectivity index (χ1) is 7.41. The summed E-state index contributed by atoms with van der Waals surface area (Å²) in [5, 5.41) is 8.83. The van der Waals surface area contributed by atoms with E-state index in [4.69, 9.17) is 21.1 Å². The highest BCUT2D eigenvalue weighted by atomic mass is 35.5. The van der Waals surface area contributed by atoms with Crippen LogP contribution in [0.15, 0.2) is 16.5 Å². The fraction of sp³-hybridized carbons (Fsp3) is 0.400. The van der Waals surface area contributed by atoms with Gasteiger partial charge in [-0.3, -0.25) is 9.59 Å². The average Bonchev–Trinajstić information content (AvgIpc) is 2.63. The van der Waals surface area contributed by atoms with Crippen molar-refractivity contribution in [1.29, 1.82) is 0 Å². The zero-order chi connectivity index (χ0) is 12.3. The zero-order valence-electron chi connectivity index (χ0n) is 8.94. The van der Waals surface area contributed by atoms with Gasteiger partial charge < -0.3 is 14.4 Å². The molecule has 0 fully saturated rings. The largest absolute Gasteiger partial charge is 0.481 e. The normalized spacial score (nSPS) is 12.2. The van der Waals surface area contributed by atoms with Gasteiger partial charge in [0.25, 0.3) is 5.91 Å². The lowest BCUT2D eigenvalue weighted by atomic mass is 10.2. The highest BCUT2D eigenvalue weighted by Gasteiger charge is 2.20. The van der Waals surface area contributed by atoms with Gasteiger partial charge in [0.05, 0.1) is 5.92 Å². The molecule has 0 aromatic carbocycles. The summed E-state index contributed by atoms with van der Waals surface area (Å²) in [5.41, 5.74) is 0. The summed E-state index contributed by atoms with van der Waals surface area (Å²) < 4.78 is 4.94. The lowest BCUT2D eigenvalue weighted by Gasteiger charge is -2.17. The van der Waals surface area contributed by atoms with E-state index in [-0.39, 0.29) is 23.4 Å². The standard InChI is InChI=1S/C10H12ClNO4/c1-6(10(14)15)5-12(2)9(13)7-3-4-8(11)16-7/h3-4,6H,5H2,1-2H3,(H,14,15). The lowest BCUT2D eigenvalue weighted by molar-refractivity contribution is -0.141. The van der Waals surface area contributed by atoms with Crippen molar-refractivity contribution in [2.75, 3.05) is 13.6 Å². The van der Waals surface area contributed by atoms with Gasteiger partial charge in [-0.25, -0.2) is 0 Å².